The van der Waals surface area contributed by atoms with Gasteiger partial charge in [-0.3, -0.25) is 0 Å². The number of halogens is 1. The summed E-state index contributed by atoms with van der Waals surface area (Å²) in [6, 6.07) is 2.25. The highest BCUT2D eigenvalue weighted by Gasteiger charge is 2.17. The number of rotatable bonds is 2. The van der Waals surface area contributed by atoms with Gasteiger partial charge in [0.2, 0.25) is 0 Å². The maximum absolute atomic E-state index is 12.7. The standard InChI is InChI=1S/C12H14FN/c1-2-12(13)8-7-10-5-3-4-6-11(10)9-14/h2,7-8,11H,1,3-6H2/b10-7+,12-8+. The van der Waals surface area contributed by atoms with E-state index in [4.69, 9.17) is 5.26 Å². The van der Waals surface area contributed by atoms with E-state index in [-0.39, 0.29) is 11.7 Å². The Bertz CT molecular complexity index is 307. The van der Waals surface area contributed by atoms with Crippen molar-refractivity contribution >= 4 is 0 Å². The summed E-state index contributed by atoms with van der Waals surface area (Å²) in [6.45, 7) is 3.33. The summed E-state index contributed by atoms with van der Waals surface area (Å²) in [6.07, 6.45) is 8.31. The fourth-order valence-corrected chi connectivity index (χ4v) is 1.64. The zero-order valence-electron chi connectivity index (χ0n) is 8.17. The lowest BCUT2D eigenvalue weighted by Crippen LogP contribution is -2.07. The van der Waals surface area contributed by atoms with Gasteiger partial charge in [0.05, 0.1) is 12.0 Å². The van der Waals surface area contributed by atoms with Crippen LogP contribution in [-0.2, 0) is 0 Å². The molecule has 1 rings (SSSR count). The first-order valence-electron chi connectivity index (χ1n) is 4.86. The molecule has 74 valence electrons. The van der Waals surface area contributed by atoms with Gasteiger partial charge in [-0.05, 0) is 31.4 Å². The minimum Gasteiger partial charge on any atom is -0.207 e. The van der Waals surface area contributed by atoms with E-state index in [2.05, 4.69) is 12.6 Å². The molecule has 0 bridgehead atoms. The van der Waals surface area contributed by atoms with E-state index in [1.165, 1.54) is 12.2 Å². The second kappa shape index (κ2) is 5.39. The van der Waals surface area contributed by atoms with E-state index in [9.17, 15) is 4.39 Å². The zero-order valence-corrected chi connectivity index (χ0v) is 8.17. The van der Waals surface area contributed by atoms with Gasteiger partial charge in [0.25, 0.3) is 0 Å². The van der Waals surface area contributed by atoms with Gasteiger partial charge < -0.3 is 0 Å². The van der Waals surface area contributed by atoms with Gasteiger partial charge in [-0.2, -0.15) is 5.26 Å². The molecular formula is C12H14FN. The van der Waals surface area contributed by atoms with Crippen molar-refractivity contribution in [3.8, 4) is 6.07 Å². The molecule has 1 nitrogen and oxygen atoms in total. The van der Waals surface area contributed by atoms with Crippen LogP contribution in [0.2, 0.25) is 0 Å². The third kappa shape index (κ3) is 2.85. The SMILES string of the molecule is C=C/C(F)=C\C=C1/CCCCC1C#N. The van der Waals surface area contributed by atoms with Gasteiger partial charge in [-0.15, -0.1) is 0 Å². The molecular weight excluding hydrogens is 177 g/mol. The van der Waals surface area contributed by atoms with Crippen LogP contribution in [0.4, 0.5) is 4.39 Å². The van der Waals surface area contributed by atoms with Crippen LogP contribution in [0.1, 0.15) is 25.7 Å². The van der Waals surface area contributed by atoms with Crippen molar-refractivity contribution in [2.75, 3.05) is 0 Å². The van der Waals surface area contributed by atoms with Crippen molar-refractivity contribution in [1.29, 1.82) is 5.26 Å². The summed E-state index contributed by atoms with van der Waals surface area (Å²) < 4.78 is 12.7. The first-order valence-corrected chi connectivity index (χ1v) is 4.86. The molecule has 1 aliphatic carbocycles. The molecule has 0 N–H and O–H groups in total. The summed E-state index contributed by atoms with van der Waals surface area (Å²) in [5.41, 5.74) is 1.05. The number of allylic oxidation sites excluding steroid dienone is 5. The molecule has 0 spiro atoms. The van der Waals surface area contributed by atoms with E-state index >= 15 is 0 Å². The van der Waals surface area contributed by atoms with Crippen LogP contribution in [0.15, 0.2) is 36.2 Å². The lowest BCUT2D eigenvalue weighted by molar-refractivity contribution is 0.526. The minimum absolute atomic E-state index is 0.0161. The van der Waals surface area contributed by atoms with Gasteiger partial charge in [0.1, 0.15) is 5.83 Å². The highest BCUT2D eigenvalue weighted by molar-refractivity contribution is 5.25. The van der Waals surface area contributed by atoms with Crippen molar-refractivity contribution in [1.82, 2.24) is 0 Å². The molecule has 0 heterocycles. The Labute approximate surface area is 84.2 Å². The van der Waals surface area contributed by atoms with Crippen LogP contribution >= 0.6 is 0 Å². The zero-order chi connectivity index (χ0) is 10.4. The van der Waals surface area contributed by atoms with Crippen molar-refractivity contribution < 1.29 is 4.39 Å². The van der Waals surface area contributed by atoms with E-state index in [1.807, 2.05) is 0 Å². The molecule has 0 amide bonds. The first-order chi connectivity index (χ1) is 6.77. The Hall–Kier alpha value is -1.36. The third-order valence-electron chi connectivity index (χ3n) is 2.46. The maximum Gasteiger partial charge on any atom is 0.122 e. The van der Waals surface area contributed by atoms with Gasteiger partial charge in [-0.25, -0.2) is 4.39 Å². The van der Waals surface area contributed by atoms with Crippen LogP contribution in [0.25, 0.3) is 0 Å². The first kappa shape index (κ1) is 10.7. The lowest BCUT2D eigenvalue weighted by Gasteiger charge is -2.18. The molecule has 0 aliphatic heterocycles. The topological polar surface area (TPSA) is 23.8 Å². The Morgan fingerprint density at radius 1 is 1.57 bits per heavy atom. The fourth-order valence-electron chi connectivity index (χ4n) is 1.64. The van der Waals surface area contributed by atoms with Crippen LogP contribution in [0.3, 0.4) is 0 Å². The summed E-state index contributed by atoms with van der Waals surface area (Å²) in [4.78, 5) is 0. The Kier molecular flexibility index (Phi) is 4.12. The van der Waals surface area contributed by atoms with Crippen molar-refractivity contribution in [2.45, 2.75) is 25.7 Å². The van der Waals surface area contributed by atoms with Crippen LogP contribution in [0, 0.1) is 17.2 Å². The Morgan fingerprint density at radius 3 is 3.00 bits per heavy atom. The Balaban J connectivity index is 2.74. The number of hydrogen-bond acceptors (Lipinski definition) is 1. The second-order valence-corrected chi connectivity index (χ2v) is 3.42. The molecule has 1 atom stereocenters. The van der Waals surface area contributed by atoms with E-state index in [1.54, 1.807) is 6.08 Å². The minimum atomic E-state index is -0.347. The van der Waals surface area contributed by atoms with E-state index < -0.39 is 0 Å². The molecule has 0 aromatic carbocycles. The summed E-state index contributed by atoms with van der Waals surface area (Å²) in [5, 5.41) is 8.86. The van der Waals surface area contributed by atoms with Crippen molar-refractivity contribution in [2.24, 2.45) is 5.92 Å². The fraction of sp³-hybridized carbons (Fsp3) is 0.417. The smallest absolute Gasteiger partial charge is 0.122 e. The van der Waals surface area contributed by atoms with Gasteiger partial charge in [0, 0.05) is 0 Å². The summed E-state index contributed by atoms with van der Waals surface area (Å²) in [7, 11) is 0. The quantitative estimate of drug-likeness (QED) is 0.611. The molecule has 2 heteroatoms. The van der Waals surface area contributed by atoms with Crippen molar-refractivity contribution in [3.63, 3.8) is 0 Å². The normalized spacial score (nSPS) is 25.9. The third-order valence-corrected chi connectivity index (χ3v) is 2.46. The number of nitriles is 1. The molecule has 1 aliphatic rings. The molecule has 1 fully saturated rings. The van der Waals surface area contributed by atoms with Gasteiger partial charge in [0.15, 0.2) is 0 Å². The van der Waals surface area contributed by atoms with Crippen LogP contribution < -0.4 is 0 Å². The molecule has 0 saturated heterocycles. The molecule has 1 unspecified atom stereocenters. The average molecular weight is 191 g/mol. The van der Waals surface area contributed by atoms with E-state index in [0.717, 1.165) is 31.3 Å². The van der Waals surface area contributed by atoms with Gasteiger partial charge >= 0.3 is 0 Å². The number of nitrogens with zero attached hydrogens (tertiary/aromatic N) is 1. The van der Waals surface area contributed by atoms with Crippen LogP contribution in [0.5, 0.6) is 0 Å². The predicted octanol–water partition coefficient (Wildman–Crippen LogP) is 3.67. The van der Waals surface area contributed by atoms with Gasteiger partial charge in [-0.1, -0.05) is 24.6 Å². The molecule has 0 radical (unpaired) electrons. The maximum atomic E-state index is 12.7. The second-order valence-electron chi connectivity index (χ2n) is 3.42. The average Bonchev–Trinajstić information content (AvgIpc) is 2.26. The predicted molar refractivity (Wildman–Crippen MR) is 55.0 cm³/mol. The van der Waals surface area contributed by atoms with E-state index in [0.29, 0.717) is 0 Å². The summed E-state index contributed by atoms with van der Waals surface area (Å²) in [5.74, 6) is -0.364. The lowest BCUT2D eigenvalue weighted by atomic mass is 9.85. The largest absolute Gasteiger partial charge is 0.207 e. The number of hydrogen-bond donors (Lipinski definition) is 0. The highest BCUT2D eigenvalue weighted by atomic mass is 19.1. The molecule has 0 aromatic rings. The summed E-state index contributed by atoms with van der Waals surface area (Å²) >= 11 is 0. The highest BCUT2D eigenvalue weighted by Crippen LogP contribution is 2.28. The monoisotopic (exact) mass is 191 g/mol. The molecule has 0 aromatic heterocycles. The molecule has 1 saturated carbocycles. The van der Waals surface area contributed by atoms with Crippen LogP contribution in [-0.4, -0.2) is 0 Å². The van der Waals surface area contributed by atoms with Crippen molar-refractivity contribution in [3.05, 3.63) is 36.2 Å². The Morgan fingerprint density at radius 2 is 2.36 bits per heavy atom. The molecule has 14 heavy (non-hydrogen) atoms.